The van der Waals surface area contributed by atoms with Crippen molar-refractivity contribution in [1.29, 1.82) is 0 Å². The topological polar surface area (TPSA) is 42.7 Å². The van der Waals surface area contributed by atoms with Crippen molar-refractivity contribution in [3.8, 4) is 0 Å². The summed E-state index contributed by atoms with van der Waals surface area (Å²) in [6.45, 7) is 3.18. The van der Waals surface area contributed by atoms with Crippen LogP contribution in [0.3, 0.4) is 0 Å². The lowest BCUT2D eigenvalue weighted by molar-refractivity contribution is 0.550. The molecule has 1 N–H and O–H groups in total. The van der Waals surface area contributed by atoms with Crippen molar-refractivity contribution in [2.24, 2.45) is 7.05 Å². The molecular weight excluding hydrogens is 248 g/mol. The van der Waals surface area contributed by atoms with Crippen LogP contribution in [0.15, 0.2) is 24.4 Å². The summed E-state index contributed by atoms with van der Waals surface area (Å²) in [5.74, 6) is 0. The van der Waals surface area contributed by atoms with E-state index < -0.39 is 0 Å². The maximum Gasteiger partial charge on any atom is 0.0798 e. The minimum absolute atomic E-state index is 0.181. The fraction of sp³-hybridized carbons (Fsp3) is 0.500. The number of rotatable bonds is 5. The van der Waals surface area contributed by atoms with Gasteiger partial charge in [-0.2, -0.15) is 0 Å². The Morgan fingerprint density at radius 1 is 1.30 bits per heavy atom. The number of nitrogens with one attached hydrogen (secondary N) is 1. The van der Waals surface area contributed by atoms with Crippen molar-refractivity contribution < 1.29 is 0 Å². The molecule has 0 radical (unpaired) electrons. The lowest BCUT2D eigenvalue weighted by atomic mass is 9.99. The Hall–Kier alpha value is -1.68. The monoisotopic (exact) mass is 270 g/mol. The minimum Gasteiger partial charge on any atom is -0.305 e. The molecule has 4 heteroatoms. The fourth-order valence-electron chi connectivity index (χ4n) is 3.01. The molecule has 1 aromatic carbocycles. The molecule has 0 bridgehead atoms. The number of benzene rings is 1. The van der Waals surface area contributed by atoms with E-state index in [0.717, 1.165) is 18.7 Å². The summed E-state index contributed by atoms with van der Waals surface area (Å²) >= 11 is 0. The third-order valence-electron chi connectivity index (χ3n) is 4.10. The van der Waals surface area contributed by atoms with Crippen molar-refractivity contribution in [3.05, 3.63) is 46.8 Å². The normalized spacial score (nSPS) is 15.3. The van der Waals surface area contributed by atoms with E-state index in [0.29, 0.717) is 0 Å². The van der Waals surface area contributed by atoms with Gasteiger partial charge in [0.05, 0.1) is 17.9 Å². The molecule has 1 aliphatic carbocycles. The number of aromatic nitrogens is 3. The molecule has 1 aliphatic rings. The third-order valence-corrected chi connectivity index (χ3v) is 4.10. The Bertz CT molecular complexity index is 588. The van der Waals surface area contributed by atoms with Crippen LogP contribution in [0.4, 0.5) is 0 Å². The summed E-state index contributed by atoms with van der Waals surface area (Å²) in [6, 6.07) is 7.09. The van der Waals surface area contributed by atoms with Crippen LogP contribution in [-0.2, 0) is 19.9 Å². The summed E-state index contributed by atoms with van der Waals surface area (Å²) in [5.41, 5.74) is 5.48. The van der Waals surface area contributed by atoms with Crippen molar-refractivity contribution in [2.45, 2.75) is 38.6 Å². The van der Waals surface area contributed by atoms with Crippen molar-refractivity contribution in [2.75, 3.05) is 6.54 Å². The van der Waals surface area contributed by atoms with Gasteiger partial charge in [0.2, 0.25) is 0 Å². The number of nitrogens with zero attached hydrogens (tertiary/aromatic N) is 3. The van der Waals surface area contributed by atoms with Crippen LogP contribution >= 0.6 is 0 Å². The molecule has 0 fully saturated rings. The molecule has 106 valence electrons. The van der Waals surface area contributed by atoms with E-state index >= 15 is 0 Å². The van der Waals surface area contributed by atoms with E-state index in [1.165, 1.54) is 36.0 Å². The molecule has 0 aliphatic heterocycles. The number of hydrogen-bond donors (Lipinski definition) is 1. The van der Waals surface area contributed by atoms with Crippen LogP contribution < -0.4 is 5.32 Å². The summed E-state index contributed by atoms with van der Waals surface area (Å²) in [5, 5.41) is 11.7. The van der Waals surface area contributed by atoms with Crippen LogP contribution in [0.5, 0.6) is 0 Å². The van der Waals surface area contributed by atoms with Gasteiger partial charge in [-0.25, -0.2) is 0 Å². The highest BCUT2D eigenvalue weighted by molar-refractivity contribution is 5.38. The Morgan fingerprint density at radius 2 is 2.15 bits per heavy atom. The average molecular weight is 270 g/mol. The summed E-state index contributed by atoms with van der Waals surface area (Å²) < 4.78 is 1.86. The highest BCUT2D eigenvalue weighted by Gasteiger charge is 2.19. The first-order chi connectivity index (χ1) is 9.79. The molecule has 1 heterocycles. The minimum atomic E-state index is 0.181. The van der Waals surface area contributed by atoms with E-state index in [1.807, 2.05) is 17.9 Å². The molecule has 4 nitrogen and oxygen atoms in total. The van der Waals surface area contributed by atoms with Gasteiger partial charge in [0.1, 0.15) is 0 Å². The van der Waals surface area contributed by atoms with Gasteiger partial charge in [0.15, 0.2) is 0 Å². The number of aryl methyl sites for hydroxylation is 3. The molecule has 0 saturated carbocycles. The Balaban J connectivity index is 1.94. The predicted octanol–water partition coefficient (Wildman–Crippen LogP) is 2.39. The Kier molecular flexibility index (Phi) is 3.83. The van der Waals surface area contributed by atoms with Crippen LogP contribution in [0, 0.1) is 0 Å². The fourth-order valence-corrected chi connectivity index (χ4v) is 3.01. The molecule has 3 rings (SSSR count). The Labute approximate surface area is 120 Å². The van der Waals surface area contributed by atoms with E-state index in [9.17, 15) is 0 Å². The van der Waals surface area contributed by atoms with Crippen molar-refractivity contribution >= 4 is 0 Å². The molecule has 0 spiro atoms. The molecular formula is C16H22N4. The SMILES string of the molecule is CCCNC(c1ccc2c(c1)CCC2)c1cnnn1C. The van der Waals surface area contributed by atoms with Crippen LogP contribution in [0.1, 0.15) is 48.2 Å². The zero-order valence-electron chi connectivity index (χ0n) is 12.3. The van der Waals surface area contributed by atoms with E-state index in [1.54, 1.807) is 0 Å². The highest BCUT2D eigenvalue weighted by Crippen LogP contribution is 2.28. The van der Waals surface area contributed by atoms with Crippen LogP contribution in [0.2, 0.25) is 0 Å². The van der Waals surface area contributed by atoms with Gasteiger partial charge in [-0.1, -0.05) is 30.3 Å². The zero-order valence-corrected chi connectivity index (χ0v) is 12.3. The first-order valence-corrected chi connectivity index (χ1v) is 7.49. The molecule has 1 aromatic heterocycles. The standard InChI is InChI=1S/C16H22N4/c1-3-9-17-16(15-11-18-19-20(15)2)14-8-7-12-5-4-6-13(12)10-14/h7-8,10-11,16-17H,3-6,9H2,1-2H3. The van der Waals surface area contributed by atoms with Gasteiger partial charge in [-0.15, -0.1) is 5.10 Å². The van der Waals surface area contributed by atoms with Crippen LogP contribution in [0.25, 0.3) is 0 Å². The van der Waals surface area contributed by atoms with Gasteiger partial charge >= 0.3 is 0 Å². The van der Waals surface area contributed by atoms with Crippen LogP contribution in [-0.4, -0.2) is 21.5 Å². The first-order valence-electron chi connectivity index (χ1n) is 7.49. The molecule has 20 heavy (non-hydrogen) atoms. The quantitative estimate of drug-likeness (QED) is 0.907. The van der Waals surface area contributed by atoms with Gasteiger partial charge in [-0.3, -0.25) is 4.68 Å². The van der Waals surface area contributed by atoms with Crippen molar-refractivity contribution in [3.63, 3.8) is 0 Å². The number of fused-ring (bicyclic) bond motifs is 1. The summed E-state index contributed by atoms with van der Waals surface area (Å²) in [4.78, 5) is 0. The average Bonchev–Trinajstić information content (AvgIpc) is 3.08. The van der Waals surface area contributed by atoms with Crippen molar-refractivity contribution in [1.82, 2.24) is 20.3 Å². The lowest BCUT2D eigenvalue weighted by Gasteiger charge is -2.19. The second kappa shape index (κ2) is 5.75. The third kappa shape index (κ3) is 2.48. The molecule has 2 aromatic rings. The lowest BCUT2D eigenvalue weighted by Crippen LogP contribution is -2.25. The van der Waals surface area contributed by atoms with Gasteiger partial charge in [0.25, 0.3) is 0 Å². The predicted molar refractivity (Wildman–Crippen MR) is 79.6 cm³/mol. The summed E-state index contributed by atoms with van der Waals surface area (Å²) in [7, 11) is 1.95. The van der Waals surface area contributed by atoms with Gasteiger partial charge in [-0.05, 0) is 48.9 Å². The molecule has 1 atom stereocenters. The molecule has 1 unspecified atom stereocenters. The Morgan fingerprint density at radius 3 is 2.90 bits per heavy atom. The summed E-state index contributed by atoms with van der Waals surface area (Å²) in [6.07, 6.45) is 6.72. The molecule has 0 saturated heterocycles. The van der Waals surface area contributed by atoms with E-state index in [4.69, 9.17) is 0 Å². The van der Waals surface area contributed by atoms with Gasteiger partial charge in [0, 0.05) is 7.05 Å². The second-order valence-corrected chi connectivity index (χ2v) is 5.55. The molecule has 0 amide bonds. The van der Waals surface area contributed by atoms with E-state index in [-0.39, 0.29) is 6.04 Å². The zero-order chi connectivity index (χ0) is 13.9. The maximum atomic E-state index is 4.07. The number of hydrogen-bond acceptors (Lipinski definition) is 3. The highest BCUT2D eigenvalue weighted by atomic mass is 15.4. The van der Waals surface area contributed by atoms with Gasteiger partial charge < -0.3 is 5.32 Å². The van der Waals surface area contributed by atoms with E-state index in [2.05, 4.69) is 40.8 Å². The largest absolute Gasteiger partial charge is 0.305 e. The first kappa shape index (κ1) is 13.3. The smallest absolute Gasteiger partial charge is 0.0798 e. The maximum absolute atomic E-state index is 4.07. The second-order valence-electron chi connectivity index (χ2n) is 5.55.